The van der Waals surface area contributed by atoms with Crippen LogP contribution in [0.25, 0.3) is 0 Å². The number of carbonyl (C=O) groups is 2. The second kappa shape index (κ2) is 9.13. The van der Waals surface area contributed by atoms with Crippen molar-refractivity contribution >= 4 is 12.0 Å². The van der Waals surface area contributed by atoms with E-state index in [0.29, 0.717) is 29.5 Å². The van der Waals surface area contributed by atoms with Crippen LogP contribution in [0.5, 0.6) is 5.75 Å². The molecule has 1 saturated carbocycles. The van der Waals surface area contributed by atoms with E-state index in [9.17, 15) is 9.59 Å². The highest BCUT2D eigenvalue weighted by atomic mass is 16.5. The van der Waals surface area contributed by atoms with E-state index in [2.05, 4.69) is 17.6 Å². The fourth-order valence-corrected chi connectivity index (χ4v) is 3.96. The van der Waals surface area contributed by atoms with E-state index in [1.54, 1.807) is 6.92 Å². The summed E-state index contributed by atoms with van der Waals surface area (Å²) >= 11 is 0. The smallest absolute Gasteiger partial charge is 0.338 e. The first-order valence-corrected chi connectivity index (χ1v) is 10.2. The first-order valence-electron chi connectivity index (χ1n) is 10.2. The number of hydrogen-bond acceptors (Lipinski definition) is 4. The zero-order valence-electron chi connectivity index (χ0n) is 16.9. The highest BCUT2D eigenvalue weighted by molar-refractivity contribution is 5.95. The lowest BCUT2D eigenvalue weighted by atomic mass is 9.88. The second-order valence-electron chi connectivity index (χ2n) is 7.76. The minimum absolute atomic E-state index is 0.0681. The lowest BCUT2D eigenvalue weighted by molar-refractivity contribution is -0.146. The molecule has 0 saturated heterocycles. The molecule has 2 N–H and O–H groups in total. The van der Waals surface area contributed by atoms with Gasteiger partial charge >= 0.3 is 12.0 Å². The Morgan fingerprint density at radius 3 is 2.79 bits per heavy atom. The number of carbonyl (C=O) groups excluding carboxylic acids is 2. The minimum Gasteiger partial charge on any atom is -0.493 e. The summed E-state index contributed by atoms with van der Waals surface area (Å²) in [6.45, 7) is 6.53. The van der Waals surface area contributed by atoms with Crippen LogP contribution in [0, 0.1) is 5.92 Å². The quantitative estimate of drug-likeness (QED) is 0.718. The molecule has 1 heterocycles. The maximum atomic E-state index is 13.1. The maximum absolute atomic E-state index is 13.1. The van der Waals surface area contributed by atoms with Crippen LogP contribution < -0.4 is 15.4 Å². The zero-order chi connectivity index (χ0) is 20.1. The highest BCUT2D eigenvalue weighted by Crippen LogP contribution is 2.35. The molecule has 3 atom stereocenters. The molecule has 28 heavy (non-hydrogen) atoms. The molecule has 6 nitrogen and oxygen atoms in total. The number of allylic oxidation sites excluding steroid dienone is 1. The summed E-state index contributed by atoms with van der Waals surface area (Å²) in [5.74, 6) is 0.852. The van der Waals surface area contributed by atoms with Gasteiger partial charge in [-0.15, -0.1) is 0 Å². The van der Waals surface area contributed by atoms with Gasteiger partial charge < -0.3 is 20.1 Å². The molecule has 0 unspecified atom stereocenters. The van der Waals surface area contributed by atoms with Gasteiger partial charge in [-0.1, -0.05) is 38.5 Å². The normalized spacial score (nSPS) is 25.0. The Kier molecular flexibility index (Phi) is 6.60. The van der Waals surface area contributed by atoms with Crippen molar-refractivity contribution < 1.29 is 19.1 Å². The SMILES string of the molecule is CCCOc1ccccc1[C@@H]1NC(=O)NC(C)=C1C(=O)O[C@@H]1CCC[C@@H](C)C1. The van der Waals surface area contributed by atoms with Crippen LogP contribution in [-0.2, 0) is 9.53 Å². The summed E-state index contributed by atoms with van der Waals surface area (Å²) in [6.07, 6.45) is 4.83. The lowest BCUT2D eigenvalue weighted by Gasteiger charge is -2.31. The predicted molar refractivity (Wildman–Crippen MR) is 107 cm³/mol. The van der Waals surface area contributed by atoms with Gasteiger partial charge in [0.1, 0.15) is 11.9 Å². The Labute approximate surface area is 166 Å². The summed E-state index contributed by atoms with van der Waals surface area (Å²) in [6, 6.07) is 6.56. The Balaban J connectivity index is 1.88. The van der Waals surface area contributed by atoms with Crippen molar-refractivity contribution in [3.63, 3.8) is 0 Å². The molecular weight excluding hydrogens is 356 g/mol. The number of hydrogen-bond donors (Lipinski definition) is 2. The number of amides is 2. The summed E-state index contributed by atoms with van der Waals surface area (Å²) < 4.78 is 11.7. The Morgan fingerprint density at radius 1 is 1.25 bits per heavy atom. The largest absolute Gasteiger partial charge is 0.493 e. The van der Waals surface area contributed by atoms with Crippen LogP contribution in [-0.4, -0.2) is 24.7 Å². The van der Waals surface area contributed by atoms with Crippen molar-refractivity contribution in [2.75, 3.05) is 6.61 Å². The molecule has 1 fully saturated rings. The first-order chi connectivity index (χ1) is 13.5. The van der Waals surface area contributed by atoms with Crippen molar-refractivity contribution in [2.45, 2.75) is 65.0 Å². The molecule has 1 aliphatic carbocycles. The van der Waals surface area contributed by atoms with Gasteiger partial charge in [0, 0.05) is 11.3 Å². The van der Waals surface area contributed by atoms with Crippen LogP contribution >= 0.6 is 0 Å². The number of ether oxygens (including phenoxy) is 2. The number of esters is 1. The molecule has 1 aromatic rings. The molecule has 1 aliphatic heterocycles. The number of nitrogens with one attached hydrogen (secondary N) is 2. The van der Waals surface area contributed by atoms with Crippen molar-refractivity contribution in [3.8, 4) is 5.75 Å². The minimum atomic E-state index is -0.602. The third-order valence-corrected chi connectivity index (χ3v) is 5.34. The third-order valence-electron chi connectivity index (χ3n) is 5.34. The molecule has 0 bridgehead atoms. The number of urea groups is 1. The fourth-order valence-electron chi connectivity index (χ4n) is 3.96. The molecule has 0 spiro atoms. The van der Waals surface area contributed by atoms with Gasteiger partial charge in [0.2, 0.25) is 0 Å². The van der Waals surface area contributed by atoms with Crippen molar-refractivity contribution in [2.24, 2.45) is 5.92 Å². The molecule has 3 rings (SSSR count). The molecular formula is C22H30N2O4. The number of rotatable bonds is 6. The van der Waals surface area contributed by atoms with Gasteiger partial charge in [-0.3, -0.25) is 0 Å². The molecule has 1 aromatic carbocycles. The van der Waals surface area contributed by atoms with E-state index < -0.39 is 6.04 Å². The van der Waals surface area contributed by atoms with Crippen LogP contribution in [0.1, 0.15) is 64.5 Å². The van der Waals surface area contributed by atoms with E-state index in [4.69, 9.17) is 9.47 Å². The van der Waals surface area contributed by atoms with E-state index >= 15 is 0 Å². The van der Waals surface area contributed by atoms with Crippen molar-refractivity contribution in [1.82, 2.24) is 10.6 Å². The van der Waals surface area contributed by atoms with Crippen molar-refractivity contribution in [3.05, 3.63) is 41.1 Å². The van der Waals surface area contributed by atoms with Crippen LogP contribution in [0.3, 0.4) is 0 Å². The lowest BCUT2D eigenvalue weighted by Crippen LogP contribution is -2.45. The summed E-state index contributed by atoms with van der Waals surface area (Å²) in [5, 5.41) is 5.57. The van der Waals surface area contributed by atoms with E-state index in [1.165, 1.54) is 6.42 Å². The van der Waals surface area contributed by atoms with Gasteiger partial charge in [0.25, 0.3) is 0 Å². The summed E-state index contributed by atoms with van der Waals surface area (Å²) in [7, 11) is 0. The van der Waals surface area contributed by atoms with Crippen LogP contribution in [0.4, 0.5) is 4.79 Å². The average molecular weight is 386 g/mol. The molecule has 2 amide bonds. The molecule has 0 radical (unpaired) electrons. The highest BCUT2D eigenvalue weighted by Gasteiger charge is 2.35. The topological polar surface area (TPSA) is 76.7 Å². The standard InChI is InChI=1S/C22H30N2O4/c1-4-12-27-18-11-6-5-10-17(18)20-19(15(3)23-22(26)24-20)21(25)28-16-9-7-8-14(2)13-16/h5-6,10-11,14,16,20H,4,7-9,12-13H2,1-3H3,(H2,23,24,26)/t14-,16-,20+/m1/s1. The van der Waals surface area contributed by atoms with Gasteiger partial charge in [0.15, 0.2) is 0 Å². The van der Waals surface area contributed by atoms with E-state index in [0.717, 1.165) is 31.2 Å². The van der Waals surface area contributed by atoms with Gasteiger partial charge in [-0.25, -0.2) is 9.59 Å². The molecule has 152 valence electrons. The average Bonchev–Trinajstić information content (AvgIpc) is 2.66. The van der Waals surface area contributed by atoms with Crippen LogP contribution in [0.15, 0.2) is 35.5 Å². The Hall–Kier alpha value is -2.50. The summed E-state index contributed by atoms with van der Waals surface area (Å²) in [5.41, 5.74) is 1.72. The second-order valence-corrected chi connectivity index (χ2v) is 7.76. The van der Waals surface area contributed by atoms with E-state index in [1.807, 2.05) is 31.2 Å². The van der Waals surface area contributed by atoms with Gasteiger partial charge in [-0.2, -0.15) is 0 Å². The van der Waals surface area contributed by atoms with Gasteiger partial charge in [-0.05, 0) is 44.6 Å². The zero-order valence-corrected chi connectivity index (χ0v) is 16.9. The predicted octanol–water partition coefficient (Wildman–Crippen LogP) is 4.23. The molecule has 6 heteroatoms. The van der Waals surface area contributed by atoms with E-state index in [-0.39, 0.29) is 18.1 Å². The maximum Gasteiger partial charge on any atom is 0.338 e. The number of para-hydroxylation sites is 1. The monoisotopic (exact) mass is 386 g/mol. The Morgan fingerprint density at radius 2 is 2.04 bits per heavy atom. The third kappa shape index (κ3) is 4.66. The summed E-state index contributed by atoms with van der Waals surface area (Å²) in [4.78, 5) is 25.2. The molecule has 2 aliphatic rings. The Bertz CT molecular complexity index is 759. The van der Waals surface area contributed by atoms with Gasteiger partial charge in [0.05, 0.1) is 18.2 Å². The van der Waals surface area contributed by atoms with Crippen LogP contribution in [0.2, 0.25) is 0 Å². The fraction of sp³-hybridized carbons (Fsp3) is 0.545. The number of benzene rings is 1. The van der Waals surface area contributed by atoms with Crippen molar-refractivity contribution in [1.29, 1.82) is 0 Å². The first kappa shape index (κ1) is 20.2. The molecule has 0 aromatic heterocycles.